The molecule has 0 saturated heterocycles. The van der Waals surface area contributed by atoms with E-state index in [-0.39, 0.29) is 5.69 Å². The maximum Gasteiger partial charge on any atom is 0.311 e. The van der Waals surface area contributed by atoms with E-state index >= 15 is 0 Å². The van der Waals surface area contributed by atoms with Crippen LogP contribution < -0.4 is 10.1 Å². The second kappa shape index (κ2) is 4.72. The molecule has 102 valence electrons. The highest BCUT2D eigenvalue weighted by Gasteiger charge is 2.39. The molecule has 2 fully saturated rings. The molecule has 2 aliphatic carbocycles. The van der Waals surface area contributed by atoms with Crippen molar-refractivity contribution in [2.45, 2.75) is 31.7 Å². The molecule has 2 aliphatic rings. The molecule has 0 spiro atoms. The summed E-state index contributed by atoms with van der Waals surface area (Å²) >= 11 is 0. The first-order valence-electron chi connectivity index (χ1n) is 6.76. The summed E-state index contributed by atoms with van der Waals surface area (Å²) in [6.07, 6.45) is 5.24. The van der Waals surface area contributed by atoms with Crippen molar-refractivity contribution in [2.24, 2.45) is 11.8 Å². The van der Waals surface area contributed by atoms with Crippen LogP contribution in [0.25, 0.3) is 0 Å². The van der Waals surface area contributed by atoms with Gasteiger partial charge in [-0.15, -0.1) is 0 Å². The van der Waals surface area contributed by atoms with E-state index in [1.165, 1.54) is 38.9 Å². The summed E-state index contributed by atoms with van der Waals surface area (Å²) in [5.74, 6) is 1.96. The lowest BCUT2D eigenvalue weighted by Gasteiger charge is -2.24. The molecule has 2 saturated carbocycles. The predicted octanol–water partition coefficient (Wildman–Crippen LogP) is 3.20. The largest absolute Gasteiger partial charge is 0.490 e. The fraction of sp³-hybridized carbons (Fsp3) is 0.571. The van der Waals surface area contributed by atoms with Gasteiger partial charge in [-0.25, -0.2) is 0 Å². The van der Waals surface area contributed by atoms with E-state index in [2.05, 4.69) is 5.32 Å². The van der Waals surface area contributed by atoms with Gasteiger partial charge in [-0.2, -0.15) is 0 Å². The zero-order valence-corrected chi connectivity index (χ0v) is 11.0. The molecule has 3 unspecified atom stereocenters. The van der Waals surface area contributed by atoms with Crippen LogP contribution in [0.5, 0.6) is 5.75 Å². The summed E-state index contributed by atoms with van der Waals surface area (Å²) in [6.45, 7) is 0. The second-order valence-electron chi connectivity index (χ2n) is 5.57. The Morgan fingerprint density at radius 1 is 1.37 bits per heavy atom. The van der Waals surface area contributed by atoms with Crippen molar-refractivity contribution in [3.63, 3.8) is 0 Å². The zero-order chi connectivity index (χ0) is 13.4. The number of anilines is 1. The number of fused-ring (bicyclic) bond motifs is 2. The molecule has 19 heavy (non-hydrogen) atoms. The highest BCUT2D eigenvalue weighted by Crippen LogP contribution is 2.45. The fourth-order valence-corrected chi connectivity index (χ4v) is 3.55. The first kappa shape index (κ1) is 12.3. The van der Waals surface area contributed by atoms with Crippen LogP contribution in [0.3, 0.4) is 0 Å². The third kappa shape index (κ3) is 2.25. The number of ether oxygens (including phenoxy) is 1. The number of nitro groups is 1. The minimum absolute atomic E-state index is 0.0148. The van der Waals surface area contributed by atoms with Gasteiger partial charge in [0.15, 0.2) is 5.75 Å². The minimum Gasteiger partial charge on any atom is -0.490 e. The molecule has 2 bridgehead atoms. The lowest BCUT2D eigenvalue weighted by Crippen LogP contribution is -2.25. The zero-order valence-electron chi connectivity index (χ0n) is 11.0. The van der Waals surface area contributed by atoms with Crippen molar-refractivity contribution in [2.75, 3.05) is 12.4 Å². The van der Waals surface area contributed by atoms with Gasteiger partial charge in [-0.3, -0.25) is 10.1 Å². The first-order valence-corrected chi connectivity index (χ1v) is 6.76. The Hall–Kier alpha value is -1.78. The molecule has 0 aromatic heterocycles. The van der Waals surface area contributed by atoms with Gasteiger partial charge in [0.2, 0.25) is 0 Å². The average molecular weight is 262 g/mol. The van der Waals surface area contributed by atoms with Crippen LogP contribution in [0, 0.1) is 22.0 Å². The third-order valence-electron chi connectivity index (χ3n) is 4.47. The standard InChI is InChI=1S/C14H18N2O3/c1-19-14-8-11(4-5-13(14)16(17)18)15-12-7-9-2-3-10(12)6-9/h4-5,8-10,12,15H,2-3,6-7H2,1H3. The Labute approximate surface area is 112 Å². The van der Waals surface area contributed by atoms with Crippen molar-refractivity contribution < 1.29 is 9.66 Å². The van der Waals surface area contributed by atoms with E-state index in [1.807, 2.05) is 0 Å². The van der Waals surface area contributed by atoms with E-state index in [0.29, 0.717) is 11.8 Å². The molecule has 0 radical (unpaired) electrons. The molecule has 3 atom stereocenters. The van der Waals surface area contributed by atoms with E-state index in [0.717, 1.165) is 17.5 Å². The lowest BCUT2D eigenvalue weighted by atomic mass is 9.95. The predicted molar refractivity (Wildman–Crippen MR) is 72.5 cm³/mol. The molecule has 5 nitrogen and oxygen atoms in total. The molecule has 1 aromatic carbocycles. The average Bonchev–Trinajstić information content (AvgIpc) is 3.00. The molecule has 5 heteroatoms. The summed E-state index contributed by atoms with van der Waals surface area (Å²) in [4.78, 5) is 10.4. The third-order valence-corrected chi connectivity index (χ3v) is 4.47. The summed E-state index contributed by atoms with van der Waals surface area (Å²) < 4.78 is 5.09. The summed E-state index contributed by atoms with van der Waals surface area (Å²) in [5.41, 5.74) is 0.931. The number of methoxy groups -OCH3 is 1. The summed E-state index contributed by atoms with van der Waals surface area (Å²) in [7, 11) is 1.46. The summed E-state index contributed by atoms with van der Waals surface area (Å²) in [5, 5.41) is 14.4. The van der Waals surface area contributed by atoms with Crippen LogP contribution >= 0.6 is 0 Å². The molecule has 0 amide bonds. The summed E-state index contributed by atoms with van der Waals surface area (Å²) in [6, 6.07) is 5.52. The smallest absolute Gasteiger partial charge is 0.311 e. The molecular formula is C14H18N2O3. The topological polar surface area (TPSA) is 64.4 Å². The monoisotopic (exact) mass is 262 g/mol. The van der Waals surface area contributed by atoms with Crippen molar-refractivity contribution in [1.82, 2.24) is 0 Å². The van der Waals surface area contributed by atoms with Crippen LogP contribution in [-0.4, -0.2) is 18.1 Å². The van der Waals surface area contributed by atoms with Crippen molar-refractivity contribution >= 4 is 11.4 Å². The van der Waals surface area contributed by atoms with Gasteiger partial charge in [0, 0.05) is 23.9 Å². The Balaban J connectivity index is 1.76. The van der Waals surface area contributed by atoms with Crippen LogP contribution in [0.4, 0.5) is 11.4 Å². The molecule has 1 N–H and O–H groups in total. The Morgan fingerprint density at radius 3 is 2.79 bits per heavy atom. The van der Waals surface area contributed by atoms with Crippen molar-refractivity contribution in [3.05, 3.63) is 28.3 Å². The normalized spacial score (nSPS) is 28.4. The maximum atomic E-state index is 10.8. The Kier molecular flexibility index (Phi) is 3.05. The molecule has 0 heterocycles. The molecule has 1 aromatic rings. The van der Waals surface area contributed by atoms with Crippen molar-refractivity contribution in [1.29, 1.82) is 0 Å². The van der Waals surface area contributed by atoms with Crippen LogP contribution in [-0.2, 0) is 0 Å². The first-order chi connectivity index (χ1) is 9.17. The fourth-order valence-electron chi connectivity index (χ4n) is 3.55. The van der Waals surface area contributed by atoms with Crippen molar-refractivity contribution in [3.8, 4) is 5.75 Å². The van der Waals surface area contributed by atoms with Gasteiger partial charge >= 0.3 is 5.69 Å². The highest BCUT2D eigenvalue weighted by molar-refractivity contribution is 5.58. The van der Waals surface area contributed by atoms with Crippen LogP contribution in [0.2, 0.25) is 0 Å². The molecule has 0 aliphatic heterocycles. The second-order valence-corrected chi connectivity index (χ2v) is 5.57. The van der Waals surface area contributed by atoms with Gasteiger partial charge in [0.25, 0.3) is 0 Å². The number of nitrogens with one attached hydrogen (secondary N) is 1. The van der Waals surface area contributed by atoms with Gasteiger partial charge < -0.3 is 10.1 Å². The van der Waals surface area contributed by atoms with Crippen LogP contribution in [0.1, 0.15) is 25.7 Å². The Morgan fingerprint density at radius 2 is 2.21 bits per heavy atom. The number of hydrogen-bond acceptors (Lipinski definition) is 4. The quantitative estimate of drug-likeness (QED) is 0.668. The number of rotatable bonds is 4. The number of nitro benzene ring substituents is 1. The molecular weight excluding hydrogens is 244 g/mol. The lowest BCUT2D eigenvalue weighted by molar-refractivity contribution is -0.385. The van der Waals surface area contributed by atoms with E-state index in [9.17, 15) is 10.1 Å². The van der Waals surface area contributed by atoms with E-state index < -0.39 is 4.92 Å². The van der Waals surface area contributed by atoms with Crippen LogP contribution in [0.15, 0.2) is 18.2 Å². The number of nitrogens with zero attached hydrogens (tertiary/aromatic N) is 1. The van der Waals surface area contributed by atoms with E-state index in [4.69, 9.17) is 4.74 Å². The molecule has 3 rings (SSSR count). The Bertz CT molecular complexity index is 503. The van der Waals surface area contributed by atoms with Gasteiger partial charge in [-0.05, 0) is 37.2 Å². The maximum absolute atomic E-state index is 10.8. The number of benzene rings is 1. The SMILES string of the molecule is COc1cc(NC2CC3CCC2C3)ccc1[N+](=O)[O-]. The van der Waals surface area contributed by atoms with Gasteiger partial charge in [-0.1, -0.05) is 6.42 Å². The van der Waals surface area contributed by atoms with Gasteiger partial charge in [0.05, 0.1) is 12.0 Å². The minimum atomic E-state index is -0.417. The highest BCUT2D eigenvalue weighted by atomic mass is 16.6. The van der Waals surface area contributed by atoms with Gasteiger partial charge in [0.1, 0.15) is 0 Å². The number of hydrogen-bond donors (Lipinski definition) is 1. The van der Waals surface area contributed by atoms with E-state index in [1.54, 1.807) is 12.1 Å².